The lowest BCUT2D eigenvalue weighted by atomic mass is 10.1. The van der Waals surface area contributed by atoms with Crippen molar-refractivity contribution in [3.63, 3.8) is 0 Å². The maximum atomic E-state index is 10.7. The molecule has 0 radical (unpaired) electrons. The number of phenols is 3. The van der Waals surface area contributed by atoms with Crippen molar-refractivity contribution >= 4 is 59.4 Å². The van der Waals surface area contributed by atoms with Crippen molar-refractivity contribution in [2.45, 2.75) is 142 Å². The minimum Gasteiger partial charge on any atom is -0.508 e. The first-order valence-electron chi connectivity index (χ1n) is 20.2. The third kappa shape index (κ3) is 17.7. The van der Waals surface area contributed by atoms with Crippen molar-refractivity contribution < 1.29 is 40.0 Å². The Bertz CT molecular complexity index is 1630. The average molecular weight is 894 g/mol. The highest BCUT2D eigenvalue weighted by molar-refractivity contribution is 6.92. The van der Waals surface area contributed by atoms with Crippen LogP contribution in [0.25, 0.3) is 0 Å². The van der Waals surface area contributed by atoms with Crippen molar-refractivity contribution in [3.05, 3.63) is 89.5 Å². The van der Waals surface area contributed by atoms with Crippen LogP contribution in [0.1, 0.15) is 36.0 Å². The molecule has 1 atom stereocenters. The fraction of sp³-hybridized carbons (Fsp3) is 0.550. The number of benzene rings is 3. The quantitative estimate of drug-likeness (QED) is 0.0756. The van der Waals surface area contributed by atoms with Crippen LogP contribution in [0.4, 0.5) is 0 Å². The lowest BCUT2D eigenvalue weighted by molar-refractivity contribution is 0.259. The molecule has 0 amide bonds. The standard InChI is InChI=1S/C40H72O9Si7/c1-50(2,3)44-52(7,8)46-53(9,10)47-54(11,12)48-56(33-21-27-36-24-15-18-30-39(36)42,34-22-28-37-25-16-19-31-40(37)43)49-55(13,45-51(4,5)6)32-20-26-35-23-14-17-29-38(35)41/h14-19,23-25,29-31,41-43H,20-22,26-28,32-34H2,1-13H3. The van der Waals surface area contributed by atoms with E-state index in [0.29, 0.717) is 48.6 Å². The van der Waals surface area contributed by atoms with Crippen LogP contribution in [-0.2, 0) is 44.0 Å². The van der Waals surface area contributed by atoms with Crippen LogP contribution >= 0.6 is 0 Å². The zero-order valence-corrected chi connectivity index (χ0v) is 43.6. The summed E-state index contributed by atoms with van der Waals surface area (Å²) in [7, 11) is -18.3. The van der Waals surface area contributed by atoms with E-state index in [1.54, 1.807) is 18.2 Å². The van der Waals surface area contributed by atoms with Gasteiger partial charge in [0.2, 0.25) is 0 Å². The van der Waals surface area contributed by atoms with Gasteiger partial charge in [0.1, 0.15) is 17.2 Å². The molecule has 3 rings (SSSR count). The van der Waals surface area contributed by atoms with E-state index in [9.17, 15) is 15.3 Å². The predicted molar refractivity (Wildman–Crippen MR) is 247 cm³/mol. The second-order valence-corrected chi connectivity index (χ2v) is 45.9. The molecule has 0 aromatic heterocycles. The Morgan fingerprint density at radius 3 is 1.05 bits per heavy atom. The van der Waals surface area contributed by atoms with Crippen molar-refractivity contribution in [1.29, 1.82) is 0 Å². The number of aromatic hydroxyl groups is 3. The van der Waals surface area contributed by atoms with Gasteiger partial charge in [-0.25, -0.2) is 0 Å². The fourth-order valence-electron chi connectivity index (χ4n) is 7.81. The minimum absolute atomic E-state index is 0.293. The molecule has 0 heterocycles. The van der Waals surface area contributed by atoms with Gasteiger partial charge in [-0.1, -0.05) is 54.6 Å². The molecule has 1 unspecified atom stereocenters. The third-order valence-corrected chi connectivity index (χ3v) is 35.6. The van der Waals surface area contributed by atoms with Crippen molar-refractivity contribution in [2.75, 3.05) is 0 Å². The molecule has 16 heteroatoms. The summed E-state index contributed by atoms with van der Waals surface area (Å²) in [6, 6.07) is 24.7. The maximum Gasteiger partial charge on any atom is 0.320 e. The lowest BCUT2D eigenvalue weighted by Gasteiger charge is -2.46. The van der Waals surface area contributed by atoms with E-state index in [4.69, 9.17) is 24.7 Å². The Balaban J connectivity index is 2.07. The molecule has 314 valence electrons. The predicted octanol–water partition coefficient (Wildman–Crippen LogP) is 11.4. The molecule has 0 saturated carbocycles. The second-order valence-electron chi connectivity index (χ2n) is 18.5. The number of para-hydroxylation sites is 3. The molecular formula is C40H72O9Si7. The smallest absolute Gasteiger partial charge is 0.320 e. The van der Waals surface area contributed by atoms with Gasteiger partial charge in [-0.05, 0) is 177 Å². The Morgan fingerprint density at radius 1 is 0.375 bits per heavy atom. The molecule has 0 spiro atoms. The fourth-order valence-corrected chi connectivity index (χ4v) is 42.7. The number of hydrogen-bond acceptors (Lipinski definition) is 9. The second kappa shape index (κ2) is 20.1. The highest BCUT2D eigenvalue weighted by Gasteiger charge is 2.52. The zero-order chi connectivity index (χ0) is 42.1. The first kappa shape index (κ1) is 48.7. The van der Waals surface area contributed by atoms with Crippen LogP contribution in [0, 0.1) is 0 Å². The van der Waals surface area contributed by atoms with Gasteiger partial charge in [-0.3, -0.25) is 0 Å². The Hall–Kier alpha value is -1.66. The SMILES string of the molecule is C[Si](C)(C)O[Si](C)(C)O[Si](C)(C)O[Si](C)(C)O[Si](CCCc1ccccc1O)(CCCc1ccccc1O)O[Si](C)(CCCc1ccccc1O)O[Si](C)(C)C. The van der Waals surface area contributed by atoms with Gasteiger partial charge in [0.15, 0.2) is 16.6 Å². The van der Waals surface area contributed by atoms with Gasteiger partial charge < -0.3 is 40.0 Å². The lowest BCUT2D eigenvalue weighted by Crippen LogP contribution is -2.63. The Kier molecular flexibility index (Phi) is 17.4. The van der Waals surface area contributed by atoms with Gasteiger partial charge in [0.25, 0.3) is 0 Å². The summed E-state index contributed by atoms with van der Waals surface area (Å²) in [4.78, 5) is 0. The molecule has 0 saturated heterocycles. The van der Waals surface area contributed by atoms with Crippen LogP contribution in [0.5, 0.6) is 17.2 Å². The maximum absolute atomic E-state index is 10.7. The summed E-state index contributed by atoms with van der Waals surface area (Å²) in [6.45, 7) is 28.1. The van der Waals surface area contributed by atoms with E-state index in [1.807, 2.05) is 54.6 Å². The van der Waals surface area contributed by atoms with Gasteiger partial charge in [0, 0.05) is 0 Å². The van der Waals surface area contributed by atoms with E-state index in [2.05, 4.69) is 85.1 Å². The first-order valence-corrected chi connectivity index (χ1v) is 40.2. The molecule has 3 aromatic carbocycles. The summed E-state index contributed by atoms with van der Waals surface area (Å²) >= 11 is 0. The van der Waals surface area contributed by atoms with Crippen molar-refractivity contribution in [3.8, 4) is 17.2 Å². The van der Waals surface area contributed by atoms with Gasteiger partial charge in [-0.2, -0.15) is 0 Å². The molecule has 0 bridgehead atoms. The van der Waals surface area contributed by atoms with Crippen LogP contribution < -0.4 is 0 Å². The van der Waals surface area contributed by atoms with Gasteiger partial charge in [-0.15, -0.1) is 0 Å². The number of phenolic OH excluding ortho intramolecular Hbond substituents is 3. The monoisotopic (exact) mass is 892 g/mol. The zero-order valence-electron chi connectivity index (χ0n) is 36.6. The van der Waals surface area contributed by atoms with E-state index in [-0.39, 0.29) is 0 Å². The van der Waals surface area contributed by atoms with E-state index in [1.165, 1.54) is 0 Å². The third-order valence-electron chi connectivity index (χ3n) is 8.95. The van der Waals surface area contributed by atoms with E-state index < -0.39 is 59.4 Å². The summed E-state index contributed by atoms with van der Waals surface area (Å²) < 4.78 is 43.0. The summed E-state index contributed by atoms with van der Waals surface area (Å²) in [5.74, 6) is 0.896. The van der Waals surface area contributed by atoms with Gasteiger partial charge >= 0.3 is 42.8 Å². The molecule has 0 fully saturated rings. The highest BCUT2D eigenvalue weighted by atomic mass is 28.5. The van der Waals surface area contributed by atoms with Crippen LogP contribution in [-0.4, -0.2) is 74.8 Å². The van der Waals surface area contributed by atoms with E-state index >= 15 is 0 Å². The number of rotatable bonds is 24. The summed E-state index contributed by atoms with van der Waals surface area (Å²) in [5.41, 5.74) is 2.71. The first-order chi connectivity index (χ1) is 25.7. The van der Waals surface area contributed by atoms with Crippen LogP contribution in [0.2, 0.25) is 103 Å². The van der Waals surface area contributed by atoms with E-state index in [0.717, 1.165) is 42.0 Å². The largest absolute Gasteiger partial charge is 0.508 e. The number of hydrogen-bond donors (Lipinski definition) is 3. The average Bonchev–Trinajstić information content (AvgIpc) is 3.00. The summed E-state index contributed by atoms with van der Waals surface area (Å²) in [5, 5.41) is 32.0. The van der Waals surface area contributed by atoms with Crippen molar-refractivity contribution in [1.82, 2.24) is 0 Å². The molecule has 0 aliphatic rings. The van der Waals surface area contributed by atoms with Crippen molar-refractivity contribution in [2.24, 2.45) is 0 Å². The summed E-state index contributed by atoms with van der Waals surface area (Å²) in [6.07, 6.45) is 4.36. The number of aryl methyl sites for hydroxylation is 3. The highest BCUT2D eigenvalue weighted by Crippen LogP contribution is 2.37. The van der Waals surface area contributed by atoms with Crippen LogP contribution in [0.15, 0.2) is 72.8 Å². The molecular weight excluding hydrogens is 821 g/mol. The van der Waals surface area contributed by atoms with Gasteiger partial charge in [0.05, 0.1) is 0 Å². The molecule has 0 aliphatic heterocycles. The molecule has 0 aliphatic carbocycles. The molecule has 56 heavy (non-hydrogen) atoms. The Morgan fingerprint density at radius 2 is 0.696 bits per heavy atom. The minimum atomic E-state index is -3.21. The van der Waals surface area contributed by atoms with Crippen LogP contribution in [0.3, 0.4) is 0 Å². The Labute approximate surface area is 346 Å². The molecule has 3 N–H and O–H groups in total. The topological polar surface area (TPSA) is 116 Å². The molecule has 3 aromatic rings. The molecule has 9 nitrogen and oxygen atoms in total. The normalized spacial score (nSPS) is 14.5.